The highest BCUT2D eigenvalue weighted by Gasteiger charge is 2.28. The number of benzene rings is 1. The van der Waals surface area contributed by atoms with Crippen LogP contribution < -0.4 is 5.73 Å². The van der Waals surface area contributed by atoms with Crippen molar-refractivity contribution in [1.29, 1.82) is 0 Å². The van der Waals surface area contributed by atoms with Gasteiger partial charge in [0, 0.05) is 19.1 Å². The zero-order chi connectivity index (χ0) is 15.8. The third-order valence-corrected chi connectivity index (χ3v) is 3.58. The number of amides is 1. The fraction of sp³-hybridized carbons (Fsp3) is 0.562. The smallest absolute Gasteiger partial charge is 0.410 e. The van der Waals surface area contributed by atoms with Crippen LogP contribution in [0.15, 0.2) is 12.1 Å². The summed E-state index contributed by atoms with van der Waals surface area (Å²) in [6, 6.07) is 2.69. The molecule has 1 aliphatic heterocycles. The molecule has 0 bridgehead atoms. The molecule has 1 atom stereocenters. The summed E-state index contributed by atoms with van der Waals surface area (Å²) in [6.07, 6.45) is 0.237. The van der Waals surface area contributed by atoms with Gasteiger partial charge in [-0.15, -0.1) is 0 Å². The fourth-order valence-corrected chi connectivity index (χ4v) is 2.55. The normalized spacial score (nSPS) is 19.0. The average molecular weight is 294 g/mol. The molecule has 0 radical (unpaired) electrons. The van der Waals surface area contributed by atoms with Crippen LogP contribution in [0, 0.1) is 12.7 Å². The first-order valence-electron chi connectivity index (χ1n) is 7.20. The van der Waals surface area contributed by atoms with Gasteiger partial charge in [-0.25, -0.2) is 9.18 Å². The second kappa shape index (κ2) is 5.64. The van der Waals surface area contributed by atoms with E-state index in [1.165, 1.54) is 12.1 Å². The highest BCUT2D eigenvalue weighted by Crippen LogP contribution is 2.29. The monoisotopic (exact) mass is 294 g/mol. The summed E-state index contributed by atoms with van der Waals surface area (Å²) in [5, 5.41) is 0. The van der Waals surface area contributed by atoms with E-state index < -0.39 is 5.60 Å². The van der Waals surface area contributed by atoms with E-state index in [-0.39, 0.29) is 18.0 Å². The van der Waals surface area contributed by atoms with E-state index in [4.69, 9.17) is 10.5 Å². The number of carbonyl (C=O) groups is 1. The third-order valence-electron chi connectivity index (χ3n) is 3.58. The van der Waals surface area contributed by atoms with Gasteiger partial charge in [-0.2, -0.15) is 0 Å². The van der Waals surface area contributed by atoms with Crippen molar-refractivity contribution in [2.45, 2.75) is 52.3 Å². The predicted molar refractivity (Wildman–Crippen MR) is 79.3 cm³/mol. The summed E-state index contributed by atoms with van der Waals surface area (Å²) < 4.78 is 19.0. The molecule has 1 aliphatic rings. The number of aryl methyl sites for hydroxylation is 1. The van der Waals surface area contributed by atoms with E-state index in [0.717, 1.165) is 16.7 Å². The first-order valence-corrected chi connectivity index (χ1v) is 7.20. The first kappa shape index (κ1) is 15.8. The molecule has 0 spiro atoms. The maximum atomic E-state index is 13.6. The number of carbonyl (C=O) groups excluding carboxylic acids is 1. The Morgan fingerprint density at radius 2 is 2.10 bits per heavy atom. The minimum Gasteiger partial charge on any atom is -0.444 e. The quantitative estimate of drug-likeness (QED) is 0.799. The van der Waals surface area contributed by atoms with Crippen LogP contribution in [0.4, 0.5) is 9.18 Å². The molecule has 4 nitrogen and oxygen atoms in total. The number of hydrogen-bond acceptors (Lipinski definition) is 3. The minimum absolute atomic E-state index is 0.262. The molecule has 0 saturated carbocycles. The van der Waals surface area contributed by atoms with Crippen molar-refractivity contribution in [2.75, 3.05) is 6.54 Å². The topological polar surface area (TPSA) is 55.6 Å². The van der Waals surface area contributed by atoms with Crippen molar-refractivity contribution in [3.63, 3.8) is 0 Å². The third kappa shape index (κ3) is 3.73. The van der Waals surface area contributed by atoms with E-state index in [2.05, 4.69) is 0 Å². The van der Waals surface area contributed by atoms with Crippen LogP contribution in [0.5, 0.6) is 0 Å². The molecular formula is C16H23FN2O2. The summed E-state index contributed by atoms with van der Waals surface area (Å²) in [5.74, 6) is -0.285. The largest absolute Gasteiger partial charge is 0.444 e. The lowest BCUT2D eigenvalue weighted by Gasteiger charge is -2.27. The lowest BCUT2D eigenvalue weighted by atomic mass is 9.96. The number of nitrogens with zero attached hydrogens (tertiary/aromatic N) is 1. The Morgan fingerprint density at radius 1 is 1.43 bits per heavy atom. The van der Waals surface area contributed by atoms with E-state index in [9.17, 15) is 9.18 Å². The summed E-state index contributed by atoms with van der Waals surface area (Å²) >= 11 is 0. The Hall–Kier alpha value is -1.62. The zero-order valence-corrected chi connectivity index (χ0v) is 13.1. The van der Waals surface area contributed by atoms with Gasteiger partial charge in [0.1, 0.15) is 11.4 Å². The first-order chi connectivity index (χ1) is 9.67. The van der Waals surface area contributed by atoms with Crippen LogP contribution in [0.2, 0.25) is 0 Å². The second-order valence-electron chi connectivity index (χ2n) is 6.59. The Balaban J connectivity index is 2.29. The van der Waals surface area contributed by atoms with Gasteiger partial charge < -0.3 is 15.4 Å². The molecule has 1 aromatic rings. The molecule has 0 aromatic heterocycles. The highest BCUT2D eigenvalue weighted by molar-refractivity contribution is 5.68. The molecule has 1 amide bonds. The Labute approximate surface area is 125 Å². The summed E-state index contributed by atoms with van der Waals surface area (Å²) in [5.41, 5.74) is 8.12. The molecule has 1 unspecified atom stereocenters. The number of hydrogen-bond donors (Lipinski definition) is 1. The molecule has 2 rings (SSSR count). The lowest BCUT2D eigenvalue weighted by Crippen LogP contribution is -2.36. The second-order valence-corrected chi connectivity index (χ2v) is 6.59. The van der Waals surface area contributed by atoms with Gasteiger partial charge in [-0.05, 0) is 62.9 Å². The van der Waals surface area contributed by atoms with Crippen molar-refractivity contribution in [3.8, 4) is 0 Å². The van der Waals surface area contributed by atoms with Gasteiger partial charge in [-0.3, -0.25) is 0 Å². The number of halogens is 1. The number of ether oxygens (including phenoxy) is 1. The van der Waals surface area contributed by atoms with Crippen molar-refractivity contribution >= 4 is 6.09 Å². The van der Waals surface area contributed by atoms with Gasteiger partial charge >= 0.3 is 6.09 Å². The highest BCUT2D eigenvalue weighted by atomic mass is 19.1. The van der Waals surface area contributed by atoms with E-state index in [1.807, 2.05) is 27.7 Å². The van der Waals surface area contributed by atoms with Crippen molar-refractivity contribution in [2.24, 2.45) is 5.73 Å². The van der Waals surface area contributed by atoms with Crippen LogP contribution >= 0.6 is 0 Å². The van der Waals surface area contributed by atoms with Crippen molar-refractivity contribution in [1.82, 2.24) is 4.90 Å². The summed E-state index contributed by atoms with van der Waals surface area (Å²) in [4.78, 5) is 13.9. The van der Waals surface area contributed by atoms with E-state index in [1.54, 1.807) is 4.90 Å². The molecule has 5 heteroatoms. The fourth-order valence-electron chi connectivity index (χ4n) is 2.55. The standard InChI is InChI=1S/C16H23FN2O2/c1-10-7-11(17)8-12-13(10)9-19(6-5-14(12)18)15(20)21-16(2,3)4/h7-8,14H,5-6,9,18H2,1-4H3. The van der Waals surface area contributed by atoms with Crippen LogP contribution in [0.25, 0.3) is 0 Å². The van der Waals surface area contributed by atoms with Gasteiger partial charge in [0.25, 0.3) is 0 Å². The summed E-state index contributed by atoms with van der Waals surface area (Å²) in [7, 11) is 0. The molecule has 1 aromatic carbocycles. The molecule has 0 saturated heterocycles. The Kier molecular flexibility index (Phi) is 4.23. The molecular weight excluding hydrogens is 271 g/mol. The van der Waals surface area contributed by atoms with Gasteiger partial charge in [0.05, 0.1) is 0 Å². The molecule has 21 heavy (non-hydrogen) atoms. The Bertz CT molecular complexity index is 552. The molecule has 0 aliphatic carbocycles. The van der Waals surface area contributed by atoms with Crippen LogP contribution in [0.3, 0.4) is 0 Å². The number of rotatable bonds is 0. The molecule has 116 valence electrons. The predicted octanol–water partition coefficient (Wildman–Crippen LogP) is 3.27. The van der Waals surface area contributed by atoms with E-state index >= 15 is 0 Å². The number of fused-ring (bicyclic) bond motifs is 1. The van der Waals surface area contributed by atoms with Crippen molar-refractivity contribution in [3.05, 3.63) is 34.6 Å². The average Bonchev–Trinajstić information content (AvgIpc) is 2.48. The van der Waals surface area contributed by atoms with Gasteiger partial charge in [0.2, 0.25) is 0 Å². The SMILES string of the molecule is Cc1cc(F)cc2c1CN(C(=O)OC(C)(C)C)CCC2N. The summed E-state index contributed by atoms with van der Waals surface area (Å²) in [6.45, 7) is 8.26. The van der Waals surface area contributed by atoms with Crippen molar-refractivity contribution < 1.29 is 13.9 Å². The van der Waals surface area contributed by atoms with Crippen LogP contribution in [0.1, 0.15) is 49.9 Å². The van der Waals surface area contributed by atoms with Crippen LogP contribution in [-0.2, 0) is 11.3 Å². The Morgan fingerprint density at radius 3 is 2.71 bits per heavy atom. The number of nitrogens with two attached hydrogens (primary N) is 1. The van der Waals surface area contributed by atoms with Gasteiger partial charge in [0.15, 0.2) is 0 Å². The maximum Gasteiger partial charge on any atom is 0.410 e. The zero-order valence-electron chi connectivity index (χ0n) is 13.1. The lowest BCUT2D eigenvalue weighted by molar-refractivity contribution is 0.0234. The minimum atomic E-state index is -0.536. The molecule has 0 fully saturated rings. The van der Waals surface area contributed by atoms with E-state index in [0.29, 0.717) is 19.5 Å². The molecule has 2 N–H and O–H groups in total. The maximum absolute atomic E-state index is 13.6. The van der Waals surface area contributed by atoms with Crippen LogP contribution in [-0.4, -0.2) is 23.1 Å². The van der Waals surface area contributed by atoms with Gasteiger partial charge in [-0.1, -0.05) is 0 Å². The molecule has 1 heterocycles.